The van der Waals surface area contributed by atoms with Gasteiger partial charge in [0.2, 0.25) is 0 Å². The Kier molecular flexibility index (Phi) is 19.7. The van der Waals surface area contributed by atoms with E-state index in [1.54, 1.807) is 30.3 Å². The molecular weight excluding hydrogens is 1640 g/mol. The molecule has 0 aliphatic heterocycles. The van der Waals surface area contributed by atoms with Gasteiger partial charge in [-0.15, -0.1) is 0 Å². The number of rotatable bonds is 17. The van der Waals surface area contributed by atoms with Crippen LogP contribution in [0, 0.1) is 0 Å². The normalized spacial score (nSPS) is 11.8. The molecule has 0 saturated carbocycles. The SMILES string of the molecule is FC(F)(F)c1ccc(-n2c3ccc(-c4nc(-c5ccccc5)nc(-c5ccccc5)n4)cc3c3cc(-c4nc(-c5ccccc5)nc(-c5ccccc5)n4)ccc32)c(-c2nc(-c3ccccc3)nc(-c3cc(C(F)(F)F)ccc3-n3c4ccc(-c5nc(-c6ccccc6)nc(-c6ccccc6)n5)cc4c4cc(-c5nc(-c6ccccc6)nc(-c6ccccc6)n5)ccc43)n2)c1. The maximum atomic E-state index is 16.1. The second-order valence-electron chi connectivity index (χ2n) is 30.9. The Balaban J connectivity index is 0.781. The lowest BCUT2D eigenvalue weighted by atomic mass is 10.0. The number of hydrogen-bond donors (Lipinski definition) is 0. The zero-order chi connectivity index (χ0) is 87.6. The van der Waals surface area contributed by atoms with Crippen LogP contribution in [-0.2, 0) is 12.4 Å². The number of nitrogens with zero attached hydrogens (tertiary/aromatic N) is 17. The maximum Gasteiger partial charge on any atom is 0.416 e. The smallest absolute Gasteiger partial charge is 0.309 e. The third-order valence-electron chi connectivity index (χ3n) is 22.6. The monoisotopic (exact) mass is 1700 g/mol. The van der Waals surface area contributed by atoms with Gasteiger partial charge in [0.25, 0.3) is 0 Å². The number of aromatic nitrogens is 17. The van der Waals surface area contributed by atoms with Crippen molar-refractivity contribution >= 4 is 43.6 Å². The van der Waals surface area contributed by atoms with Crippen LogP contribution in [0.4, 0.5) is 26.3 Å². The maximum absolute atomic E-state index is 16.1. The highest BCUT2D eigenvalue weighted by Gasteiger charge is 2.36. The molecule has 0 unspecified atom stereocenters. The highest BCUT2D eigenvalue weighted by molar-refractivity contribution is 6.13. The van der Waals surface area contributed by atoms with Crippen LogP contribution in [0.3, 0.4) is 0 Å². The van der Waals surface area contributed by atoms with Crippen LogP contribution in [0.25, 0.3) is 226 Å². The highest BCUT2D eigenvalue weighted by Crippen LogP contribution is 2.46. The van der Waals surface area contributed by atoms with Crippen molar-refractivity contribution in [1.82, 2.24) is 83.9 Å². The molecule has 17 nitrogen and oxygen atoms in total. The van der Waals surface area contributed by atoms with Gasteiger partial charge in [-0.1, -0.05) is 273 Å². The molecule has 0 aliphatic carbocycles. The Hall–Kier alpha value is -17.5. The van der Waals surface area contributed by atoms with Crippen LogP contribution in [0.2, 0.25) is 0 Å². The summed E-state index contributed by atoms with van der Waals surface area (Å²) in [5.74, 6) is 3.81. The average molecular weight is 1700 g/mol. The van der Waals surface area contributed by atoms with E-state index in [-0.39, 0.29) is 40.0 Å². The predicted octanol–water partition coefficient (Wildman–Crippen LogP) is 25.8. The Morgan fingerprint density at radius 1 is 0.154 bits per heavy atom. The molecule has 15 aromatic carbocycles. The molecule has 0 atom stereocenters. The summed E-state index contributed by atoms with van der Waals surface area (Å²) in [4.78, 5) is 76.5. The van der Waals surface area contributed by atoms with Gasteiger partial charge in [0.15, 0.2) is 87.4 Å². The summed E-state index contributed by atoms with van der Waals surface area (Å²) in [6.07, 6.45) is -9.94. The summed E-state index contributed by atoms with van der Waals surface area (Å²) in [5.41, 5.74) is 8.28. The molecule has 7 aromatic heterocycles. The van der Waals surface area contributed by atoms with Crippen molar-refractivity contribution in [2.45, 2.75) is 12.4 Å². The molecule has 0 spiro atoms. The zero-order valence-corrected chi connectivity index (χ0v) is 68.2. The lowest BCUT2D eigenvalue weighted by molar-refractivity contribution is -0.138. The van der Waals surface area contributed by atoms with Gasteiger partial charge in [-0.25, -0.2) is 74.8 Å². The summed E-state index contributed by atoms with van der Waals surface area (Å²) in [6, 6.07) is 114. The van der Waals surface area contributed by atoms with Gasteiger partial charge in [0, 0.05) is 105 Å². The molecule has 22 aromatic rings. The molecule has 0 saturated heterocycles. The molecule has 23 heteroatoms. The van der Waals surface area contributed by atoms with Crippen molar-refractivity contribution in [3.05, 3.63) is 393 Å². The first-order valence-corrected chi connectivity index (χ1v) is 41.6. The van der Waals surface area contributed by atoms with E-state index in [4.69, 9.17) is 74.8 Å². The lowest BCUT2D eigenvalue weighted by Gasteiger charge is -2.19. The number of alkyl halides is 6. The largest absolute Gasteiger partial charge is 0.416 e. The quantitative estimate of drug-likeness (QED) is 0.0778. The summed E-state index contributed by atoms with van der Waals surface area (Å²) in [6.45, 7) is 0. The van der Waals surface area contributed by atoms with E-state index in [0.717, 1.165) is 68.8 Å². The molecule has 0 amide bonds. The Morgan fingerprint density at radius 3 is 0.492 bits per heavy atom. The van der Waals surface area contributed by atoms with Crippen LogP contribution in [0.5, 0.6) is 0 Å². The van der Waals surface area contributed by atoms with E-state index in [9.17, 15) is 0 Å². The summed E-state index contributed by atoms with van der Waals surface area (Å²) in [5, 5.41) is 2.36. The topological polar surface area (TPSA) is 203 Å². The number of fused-ring (bicyclic) bond motifs is 6. The van der Waals surface area contributed by atoms with Crippen LogP contribution in [0.15, 0.2) is 382 Å². The van der Waals surface area contributed by atoms with Gasteiger partial charge in [0.1, 0.15) is 0 Å². The van der Waals surface area contributed by atoms with Crippen LogP contribution in [-0.4, -0.2) is 83.9 Å². The minimum Gasteiger partial charge on any atom is -0.309 e. The van der Waals surface area contributed by atoms with Crippen molar-refractivity contribution in [3.63, 3.8) is 0 Å². The zero-order valence-electron chi connectivity index (χ0n) is 68.2. The first kappa shape index (κ1) is 78.5. The highest BCUT2D eigenvalue weighted by atomic mass is 19.4. The fraction of sp³-hybridized carbons (Fsp3) is 0.0187. The van der Waals surface area contributed by atoms with Crippen molar-refractivity contribution in [3.8, 4) is 182 Å². The molecule has 0 fully saturated rings. The summed E-state index contributed by atoms with van der Waals surface area (Å²) in [7, 11) is 0. The average Bonchev–Trinajstić information content (AvgIpc) is 1.57. The first-order chi connectivity index (χ1) is 63.6. The molecule has 0 radical (unpaired) electrons. The number of hydrogen-bond acceptors (Lipinski definition) is 15. The Labute approximate surface area is 737 Å². The van der Waals surface area contributed by atoms with E-state index in [1.807, 2.05) is 325 Å². The molecule has 0 N–H and O–H groups in total. The second-order valence-corrected chi connectivity index (χ2v) is 30.9. The number of halogens is 6. The first-order valence-electron chi connectivity index (χ1n) is 41.6. The third-order valence-corrected chi connectivity index (χ3v) is 22.6. The van der Waals surface area contributed by atoms with Gasteiger partial charge in [-0.3, -0.25) is 0 Å². The van der Waals surface area contributed by atoms with Crippen LogP contribution < -0.4 is 0 Å². The second kappa shape index (κ2) is 32.6. The van der Waals surface area contributed by atoms with Crippen LogP contribution in [0.1, 0.15) is 11.1 Å². The van der Waals surface area contributed by atoms with Crippen molar-refractivity contribution in [1.29, 1.82) is 0 Å². The number of benzene rings is 15. The molecule has 0 bridgehead atoms. The Bertz CT molecular complexity index is 7050. The van der Waals surface area contributed by atoms with E-state index in [2.05, 4.69) is 0 Å². The standard InChI is InChI=1S/C107H63F6N17/c108-106(109,110)77-50-56-89(129-85-52-46-73(100-118-91(64-28-10-1-11-29-64)114-92(119-100)65-30-12-2-13-31-65)58-79(85)80-59-74(47-53-86(80)129)101-120-93(66-32-14-3-15-33-66)115-94(121-101)67-34-16-4-17-35-67)83(62-77)104-126-99(72-44-26-9-27-45-72)127-105(128-104)84-63-78(107(111,112)113)51-57-90(84)130-87-54-48-75(102-122-95(68-36-18-5-19-37-68)116-96(123-102)69-38-20-6-21-39-69)60-81(87)82-61-76(49-55-88(82)130)103-124-97(70-40-22-7-23-41-70)117-98(125-103)71-42-24-8-25-43-71/h1-63H. The van der Waals surface area contributed by atoms with Gasteiger partial charge < -0.3 is 9.13 Å². The van der Waals surface area contributed by atoms with E-state index in [0.29, 0.717) is 141 Å². The fourth-order valence-electron chi connectivity index (χ4n) is 16.4. The van der Waals surface area contributed by atoms with Crippen molar-refractivity contribution < 1.29 is 26.3 Å². The minimum atomic E-state index is -4.97. The fourth-order valence-corrected chi connectivity index (χ4v) is 16.4. The lowest BCUT2D eigenvalue weighted by Crippen LogP contribution is -2.10. The summed E-state index contributed by atoms with van der Waals surface area (Å²) >= 11 is 0. The van der Waals surface area contributed by atoms with E-state index >= 15 is 26.3 Å². The van der Waals surface area contributed by atoms with Gasteiger partial charge in [-0.2, -0.15) is 26.3 Å². The van der Waals surface area contributed by atoms with Crippen molar-refractivity contribution in [2.24, 2.45) is 0 Å². The summed E-state index contributed by atoms with van der Waals surface area (Å²) < 4.78 is 100. The predicted molar refractivity (Wildman–Crippen MR) is 494 cm³/mol. The minimum absolute atomic E-state index is 0.0753. The van der Waals surface area contributed by atoms with Gasteiger partial charge in [-0.05, 0) is 109 Å². The van der Waals surface area contributed by atoms with Crippen molar-refractivity contribution in [2.75, 3.05) is 0 Å². The molecule has 618 valence electrons. The van der Waals surface area contributed by atoms with E-state index in [1.165, 1.54) is 12.1 Å². The molecule has 130 heavy (non-hydrogen) atoms. The van der Waals surface area contributed by atoms with Gasteiger partial charge in [0.05, 0.1) is 44.6 Å². The van der Waals surface area contributed by atoms with E-state index < -0.39 is 23.5 Å². The molecule has 7 heterocycles. The Morgan fingerprint density at radius 2 is 0.315 bits per heavy atom. The third kappa shape index (κ3) is 15.1. The van der Waals surface area contributed by atoms with Gasteiger partial charge >= 0.3 is 12.4 Å². The molecule has 22 rings (SSSR count). The molecule has 0 aliphatic rings. The van der Waals surface area contributed by atoms with Crippen LogP contribution >= 0.6 is 0 Å². The molecular formula is C107H63F6N17.